The molecule has 11 aromatic rings. The third-order valence-electron chi connectivity index (χ3n) is 10.6. The van der Waals surface area contributed by atoms with Crippen LogP contribution in [0.25, 0.3) is 110 Å². The van der Waals surface area contributed by atoms with Crippen LogP contribution >= 0.6 is 11.3 Å². The van der Waals surface area contributed by atoms with Crippen LogP contribution in [0.4, 0.5) is 0 Å². The van der Waals surface area contributed by atoms with Gasteiger partial charge in [-0.2, -0.15) is 0 Å². The summed E-state index contributed by atoms with van der Waals surface area (Å²) in [4.78, 5) is 15.4. The molecule has 8 aromatic carbocycles. The molecule has 0 aliphatic heterocycles. The van der Waals surface area contributed by atoms with Gasteiger partial charge in [0.2, 0.25) is 0 Å². The molecule has 0 fully saturated rings. The minimum atomic E-state index is 0.568. The zero-order valence-electron chi connectivity index (χ0n) is 30.1. The molecule has 0 bridgehead atoms. The van der Waals surface area contributed by atoms with Gasteiger partial charge < -0.3 is 4.42 Å². The Morgan fingerprint density at radius 3 is 1.57 bits per heavy atom. The third kappa shape index (κ3) is 5.56. The summed E-state index contributed by atoms with van der Waals surface area (Å²) < 4.78 is 8.93. The van der Waals surface area contributed by atoms with Gasteiger partial charge in [-0.1, -0.05) is 170 Å². The summed E-state index contributed by atoms with van der Waals surface area (Å²) >= 11 is 1.81. The van der Waals surface area contributed by atoms with Crippen molar-refractivity contribution in [1.29, 1.82) is 0 Å². The minimum Gasteiger partial charge on any atom is -0.455 e. The van der Waals surface area contributed by atoms with Crippen molar-refractivity contribution in [1.82, 2.24) is 15.0 Å². The van der Waals surface area contributed by atoms with Gasteiger partial charge in [-0.3, -0.25) is 0 Å². The lowest BCUT2D eigenvalue weighted by atomic mass is 9.99. The van der Waals surface area contributed by atoms with Crippen LogP contribution in [0.5, 0.6) is 0 Å². The molecule has 0 aliphatic carbocycles. The van der Waals surface area contributed by atoms with E-state index in [1.165, 1.54) is 42.4 Å². The zero-order valence-corrected chi connectivity index (χ0v) is 30.9. The van der Waals surface area contributed by atoms with E-state index in [1.807, 2.05) is 47.7 Å². The van der Waals surface area contributed by atoms with E-state index in [1.54, 1.807) is 0 Å². The summed E-state index contributed by atoms with van der Waals surface area (Å²) in [6, 6.07) is 65.7. The van der Waals surface area contributed by atoms with Gasteiger partial charge in [0.15, 0.2) is 17.5 Å². The van der Waals surface area contributed by atoms with Gasteiger partial charge in [0.25, 0.3) is 0 Å². The topological polar surface area (TPSA) is 51.8 Å². The smallest absolute Gasteiger partial charge is 0.167 e. The molecule has 0 N–H and O–H groups in total. The highest BCUT2D eigenvalue weighted by molar-refractivity contribution is 7.26. The van der Waals surface area contributed by atoms with Crippen molar-refractivity contribution in [2.45, 2.75) is 0 Å². The normalized spacial score (nSPS) is 11.6. The number of hydrogen-bond acceptors (Lipinski definition) is 5. The molecule has 0 amide bonds. The molecule has 0 spiro atoms. The van der Waals surface area contributed by atoms with Gasteiger partial charge in [0.1, 0.15) is 11.2 Å². The predicted octanol–water partition coefficient (Wildman–Crippen LogP) is 14.1. The van der Waals surface area contributed by atoms with Crippen LogP contribution in [0.3, 0.4) is 0 Å². The SMILES string of the molecule is c1ccc(-c2ccc(-c3ccc(-c4nc(-c5ccc6c(c5)sc5c(-c7ccccc7)cccc56)nc(-c5cccc6c5oc5ccccc56)n4)cc3)cc2)cc1. The zero-order chi connectivity index (χ0) is 37.0. The fourth-order valence-corrected chi connectivity index (χ4v) is 9.04. The van der Waals surface area contributed by atoms with Crippen LogP contribution in [0.2, 0.25) is 0 Å². The van der Waals surface area contributed by atoms with Crippen molar-refractivity contribution < 1.29 is 4.42 Å². The monoisotopic (exact) mass is 733 g/mol. The van der Waals surface area contributed by atoms with E-state index < -0.39 is 0 Å². The highest BCUT2D eigenvalue weighted by Crippen LogP contribution is 2.42. The second-order valence-electron chi connectivity index (χ2n) is 14.0. The van der Waals surface area contributed by atoms with Gasteiger partial charge in [0, 0.05) is 42.1 Å². The molecule has 0 atom stereocenters. The number of benzene rings is 8. The van der Waals surface area contributed by atoms with Crippen molar-refractivity contribution in [2.24, 2.45) is 0 Å². The average molecular weight is 734 g/mol. The van der Waals surface area contributed by atoms with E-state index in [0.29, 0.717) is 17.5 Å². The standard InChI is InChI=1S/C51H31N3OS/c1-3-11-32(12-4-1)33-21-23-34(24-22-33)35-25-27-37(28-26-35)49-52-50(54-51(53-49)44-19-10-17-42-40-15-7-8-20-45(40)55-47(42)44)38-29-30-41-43-18-9-16-39(36-13-5-2-6-14-36)48(43)56-46(41)31-38/h1-31H. The minimum absolute atomic E-state index is 0.568. The quantitative estimate of drug-likeness (QED) is 0.171. The van der Waals surface area contributed by atoms with Crippen molar-refractivity contribution >= 4 is 53.4 Å². The fourth-order valence-electron chi connectivity index (χ4n) is 7.76. The lowest BCUT2D eigenvalue weighted by Gasteiger charge is -2.10. The van der Waals surface area contributed by atoms with Gasteiger partial charge in [-0.15, -0.1) is 11.3 Å². The second kappa shape index (κ2) is 13.3. The maximum absolute atomic E-state index is 6.47. The van der Waals surface area contributed by atoms with E-state index in [0.717, 1.165) is 49.8 Å². The van der Waals surface area contributed by atoms with Crippen molar-refractivity contribution in [3.63, 3.8) is 0 Å². The first-order valence-corrected chi connectivity index (χ1v) is 19.5. The molecule has 3 heterocycles. The number of aromatic nitrogens is 3. The summed E-state index contributed by atoms with van der Waals surface area (Å²) in [6.07, 6.45) is 0. The van der Waals surface area contributed by atoms with Crippen LogP contribution in [-0.2, 0) is 0 Å². The van der Waals surface area contributed by atoms with Gasteiger partial charge in [-0.05, 0) is 51.6 Å². The molecule has 0 saturated carbocycles. The molecule has 0 unspecified atom stereocenters. The lowest BCUT2D eigenvalue weighted by Crippen LogP contribution is -2.00. The summed E-state index contributed by atoms with van der Waals surface area (Å²) in [7, 11) is 0. The molecule has 0 saturated heterocycles. The Balaban J connectivity index is 1.04. The van der Waals surface area contributed by atoms with Crippen molar-refractivity contribution in [3.8, 4) is 67.5 Å². The molecule has 0 aliphatic rings. The van der Waals surface area contributed by atoms with Crippen molar-refractivity contribution in [2.75, 3.05) is 0 Å². The molecule has 0 radical (unpaired) electrons. The number of nitrogens with zero attached hydrogens (tertiary/aromatic N) is 3. The number of para-hydroxylation sites is 2. The molecule has 3 aromatic heterocycles. The Hall–Kier alpha value is -7.21. The predicted molar refractivity (Wildman–Crippen MR) is 233 cm³/mol. The number of hydrogen-bond donors (Lipinski definition) is 0. The largest absolute Gasteiger partial charge is 0.455 e. The molecule has 4 nitrogen and oxygen atoms in total. The Morgan fingerprint density at radius 1 is 0.339 bits per heavy atom. The Kier molecular flexibility index (Phi) is 7.64. The van der Waals surface area contributed by atoms with Gasteiger partial charge in [0.05, 0.1) is 5.56 Å². The van der Waals surface area contributed by atoms with Gasteiger partial charge in [-0.25, -0.2) is 15.0 Å². The first-order chi connectivity index (χ1) is 27.7. The highest BCUT2D eigenvalue weighted by Gasteiger charge is 2.19. The fraction of sp³-hybridized carbons (Fsp3) is 0. The second-order valence-corrected chi connectivity index (χ2v) is 15.0. The Labute approximate surface area is 327 Å². The third-order valence-corrected chi connectivity index (χ3v) is 11.8. The Morgan fingerprint density at radius 2 is 0.857 bits per heavy atom. The van der Waals surface area contributed by atoms with Crippen LogP contribution in [-0.4, -0.2) is 15.0 Å². The summed E-state index contributed by atoms with van der Waals surface area (Å²) in [5.41, 5.74) is 11.4. The van der Waals surface area contributed by atoms with Crippen LogP contribution in [0, 0.1) is 0 Å². The first kappa shape index (κ1) is 32.2. The molecule has 56 heavy (non-hydrogen) atoms. The van der Waals surface area contributed by atoms with Crippen LogP contribution in [0.1, 0.15) is 0 Å². The summed E-state index contributed by atoms with van der Waals surface area (Å²) in [5.74, 6) is 1.78. The maximum atomic E-state index is 6.47. The average Bonchev–Trinajstić information content (AvgIpc) is 3.85. The van der Waals surface area contributed by atoms with Crippen LogP contribution < -0.4 is 0 Å². The number of rotatable bonds is 6. The highest BCUT2D eigenvalue weighted by atomic mass is 32.1. The van der Waals surface area contributed by atoms with E-state index in [-0.39, 0.29) is 0 Å². The number of thiophene rings is 1. The molecule has 11 rings (SSSR count). The van der Waals surface area contributed by atoms with E-state index in [2.05, 4.69) is 152 Å². The van der Waals surface area contributed by atoms with E-state index in [9.17, 15) is 0 Å². The molecular formula is C51H31N3OS. The maximum Gasteiger partial charge on any atom is 0.167 e. The Bertz CT molecular complexity index is 3220. The summed E-state index contributed by atoms with van der Waals surface area (Å²) in [5, 5.41) is 4.57. The summed E-state index contributed by atoms with van der Waals surface area (Å²) in [6.45, 7) is 0. The molecule has 262 valence electrons. The van der Waals surface area contributed by atoms with Crippen LogP contribution in [0.15, 0.2) is 192 Å². The number of furan rings is 1. The first-order valence-electron chi connectivity index (χ1n) is 18.7. The lowest BCUT2D eigenvalue weighted by molar-refractivity contribution is 0.669. The van der Waals surface area contributed by atoms with E-state index in [4.69, 9.17) is 19.4 Å². The van der Waals surface area contributed by atoms with Gasteiger partial charge >= 0.3 is 0 Å². The van der Waals surface area contributed by atoms with Crippen molar-refractivity contribution in [3.05, 3.63) is 188 Å². The van der Waals surface area contributed by atoms with E-state index >= 15 is 0 Å². The molecule has 5 heteroatoms. The molecular weight excluding hydrogens is 703 g/mol. The number of fused-ring (bicyclic) bond motifs is 6.